The van der Waals surface area contributed by atoms with E-state index >= 15 is 0 Å². The van der Waals surface area contributed by atoms with Crippen LogP contribution in [0.4, 0.5) is 0 Å². The molecule has 0 saturated carbocycles. The van der Waals surface area contributed by atoms with E-state index in [1.807, 2.05) is 0 Å². The lowest BCUT2D eigenvalue weighted by Gasteiger charge is -2.14. The Kier molecular flexibility index (Phi) is 17.1. The van der Waals surface area contributed by atoms with Crippen molar-refractivity contribution >= 4 is 15.4 Å². The molecule has 0 aromatic rings. The van der Waals surface area contributed by atoms with Gasteiger partial charge in [-0.2, -0.15) is 0 Å². The first-order valence-electron chi connectivity index (χ1n) is 9.28. The zero-order chi connectivity index (χ0) is 16.5. The monoisotopic (exact) mass is 332 g/mol. The zero-order valence-electron chi connectivity index (χ0n) is 14.8. The van der Waals surface area contributed by atoms with Crippen molar-refractivity contribution in [3.63, 3.8) is 0 Å². The summed E-state index contributed by atoms with van der Waals surface area (Å²) in [5.74, 6) is -0.200. The molecule has 132 valence electrons. The molecule has 0 N–H and O–H groups in total. The van der Waals surface area contributed by atoms with Gasteiger partial charge in [0.15, 0.2) is 6.10 Å². The molecule has 0 amide bonds. The van der Waals surface area contributed by atoms with Crippen LogP contribution < -0.4 is 0 Å². The van der Waals surface area contributed by atoms with Gasteiger partial charge in [-0.05, 0) is 12.8 Å². The van der Waals surface area contributed by atoms with Crippen LogP contribution in [0.15, 0.2) is 0 Å². The van der Waals surface area contributed by atoms with E-state index in [1.54, 1.807) is 0 Å². The maximum atomic E-state index is 11.9. The van der Waals surface area contributed by atoms with Crippen LogP contribution in [0, 0.1) is 0 Å². The fourth-order valence-electron chi connectivity index (χ4n) is 2.50. The lowest BCUT2D eigenvalue weighted by molar-refractivity contribution is -0.151. The molecule has 0 aromatic carbocycles. The highest BCUT2D eigenvalue weighted by Crippen LogP contribution is 2.13. The third-order valence-corrected chi connectivity index (χ3v) is 4.32. The molecular weight excluding hydrogens is 295 g/mol. The molecule has 4 heteroatoms. The maximum absolute atomic E-state index is 11.9. The molecule has 0 aliphatic carbocycles. The average Bonchev–Trinajstić information content (AvgIpc) is 2.53. The summed E-state index contributed by atoms with van der Waals surface area (Å²) in [5, 5.41) is 0. The van der Waals surface area contributed by atoms with Gasteiger partial charge in [0.05, 0.1) is 6.61 Å². The van der Waals surface area contributed by atoms with Crippen molar-refractivity contribution in [3.8, 4) is 0 Å². The summed E-state index contributed by atoms with van der Waals surface area (Å²) in [6.45, 7) is 4.96. The third-order valence-electron chi connectivity index (χ3n) is 3.99. The number of hydrogen-bond acceptors (Lipinski definition) is 3. The molecule has 2 atom stereocenters. The Balaban J connectivity index is 3.48. The van der Waals surface area contributed by atoms with Crippen LogP contribution in [0.1, 0.15) is 97.3 Å². The van der Waals surface area contributed by atoms with Gasteiger partial charge in [-0.25, -0.2) is 4.79 Å². The van der Waals surface area contributed by atoms with E-state index in [2.05, 4.69) is 23.3 Å². The lowest BCUT2D eigenvalue weighted by Crippen LogP contribution is -2.24. The topological polar surface area (TPSA) is 35.5 Å². The first kappa shape index (κ1) is 21.9. The van der Waals surface area contributed by atoms with E-state index in [0.717, 1.165) is 32.1 Å². The van der Waals surface area contributed by atoms with Crippen LogP contribution in [0.25, 0.3) is 0 Å². The molecule has 0 aliphatic heterocycles. The number of ether oxygens (including phenoxy) is 1. The van der Waals surface area contributed by atoms with Gasteiger partial charge in [0, 0.05) is 9.47 Å². The molecule has 2 unspecified atom stereocenters. The first-order chi connectivity index (χ1) is 10.8. The molecule has 0 aliphatic rings. The van der Waals surface area contributed by atoms with Crippen LogP contribution in [0.2, 0.25) is 0 Å². The normalized spacial score (nSPS) is 12.3. The molecule has 0 rings (SSSR count). The number of carbonyl (C=O) groups excluding carboxylic acids is 1. The smallest absolute Gasteiger partial charge is 0.335 e. The molecule has 0 aromatic heterocycles. The summed E-state index contributed by atoms with van der Waals surface area (Å²) in [6.07, 6.45) is 15.0. The summed E-state index contributed by atoms with van der Waals surface area (Å²) >= 11 is 0. The van der Waals surface area contributed by atoms with E-state index in [9.17, 15) is 4.79 Å². The molecule has 22 heavy (non-hydrogen) atoms. The lowest BCUT2D eigenvalue weighted by atomic mass is 10.1. The van der Waals surface area contributed by atoms with Gasteiger partial charge in [-0.3, -0.25) is 0 Å². The highest BCUT2D eigenvalue weighted by Gasteiger charge is 2.18. The summed E-state index contributed by atoms with van der Waals surface area (Å²) in [6, 6.07) is 0. The van der Waals surface area contributed by atoms with Crippen molar-refractivity contribution in [2.24, 2.45) is 0 Å². The number of carbonyl (C=O) groups is 1. The SMILES string of the molecule is CCCCCCCCCCOC(=O)C(CCCCCC)OP. The van der Waals surface area contributed by atoms with Gasteiger partial charge >= 0.3 is 5.97 Å². The highest BCUT2D eigenvalue weighted by molar-refractivity contribution is 7.09. The van der Waals surface area contributed by atoms with E-state index in [1.165, 1.54) is 51.4 Å². The summed E-state index contributed by atoms with van der Waals surface area (Å²) in [5.41, 5.74) is 0. The Labute approximate surface area is 140 Å². The molecule has 0 fully saturated rings. The van der Waals surface area contributed by atoms with Crippen molar-refractivity contribution in [3.05, 3.63) is 0 Å². The van der Waals surface area contributed by atoms with E-state index in [-0.39, 0.29) is 5.97 Å². The molecule has 0 bridgehead atoms. The zero-order valence-corrected chi connectivity index (χ0v) is 15.9. The predicted molar refractivity (Wildman–Crippen MR) is 96.9 cm³/mol. The standard InChI is InChI=1S/C18H37O3P/c1-3-5-7-9-10-11-12-14-16-20-18(19)17(21-22)15-13-8-6-4-2/h17H,3-16,22H2,1-2H3. The fourth-order valence-corrected chi connectivity index (χ4v) is 2.75. The van der Waals surface area contributed by atoms with Crippen molar-refractivity contribution < 1.29 is 14.1 Å². The van der Waals surface area contributed by atoms with Gasteiger partial charge < -0.3 is 9.26 Å². The van der Waals surface area contributed by atoms with Crippen LogP contribution in [0.3, 0.4) is 0 Å². The molecule has 0 radical (unpaired) electrons. The van der Waals surface area contributed by atoms with Crippen molar-refractivity contribution in [2.45, 2.75) is 103 Å². The van der Waals surface area contributed by atoms with Gasteiger partial charge in [-0.15, -0.1) is 0 Å². The quantitative estimate of drug-likeness (QED) is 0.203. The molecule has 3 nitrogen and oxygen atoms in total. The minimum Gasteiger partial charge on any atom is -0.464 e. The van der Waals surface area contributed by atoms with Crippen LogP contribution in [-0.2, 0) is 14.1 Å². The molecule has 0 spiro atoms. The number of hydrogen-bond donors (Lipinski definition) is 0. The van der Waals surface area contributed by atoms with Crippen LogP contribution in [-0.4, -0.2) is 18.7 Å². The van der Waals surface area contributed by atoms with E-state index in [0.29, 0.717) is 6.61 Å². The average molecular weight is 332 g/mol. The minimum atomic E-state index is -0.407. The second-order valence-corrected chi connectivity index (χ2v) is 6.39. The second kappa shape index (κ2) is 17.2. The molecular formula is C18H37O3P. The third kappa shape index (κ3) is 13.5. The van der Waals surface area contributed by atoms with Gasteiger partial charge in [-0.1, -0.05) is 84.5 Å². The van der Waals surface area contributed by atoms with Crippen molar-refractivity contribution in [2.75, 3.05) is 6.61 Å². The molecule has 0 heterocycles. The number of rotatable bonds is 16. The second-order valence-electron chi connectivity index (χ2n) is 6.12. The predicted octanol–water partition coefficient (Wildman–Crippen LogP) is 5.82. The van der Waals surface area contributed by atoms with Gasteiger partial charge in [0.1, 0.15) is 0 Å². The fraction of sp³-hybridized carbons (Fsp3) is 0.944. The number of esters is 1. The summed E-state index contributed by atoms with van der Waals surface area (Å²) in [7, 11) is 2.20. The van der Waals surface area contributed by atoms with Gasteiger partial charge in [0.25, 0.3) is 0 Å². The highest BCUT2D eigenvalue weighted by atomic mass is 31.0. The van der Waals surface area contributed by atoms with Crippen molar-refractivity contribution in [1.29, 1.82) is 0 Å². The molecule has 0 saturated heterocycles. The van der Waals surface area contributed by atoms with E-state index < -0.39 is 6.10 Å². The Morgan fingerprint density at radius 1 is 0.818 bits per heavy atom. The maximum Gasteiger partial charge on any atom is 0.335 e. The van der Waals surface area contributed by atoms with Gasteiger partial charge in [0.2, 0.25) is 0 Å². The Bertz CT molecular complexity index is 246. The first-order valence-corrected chi connectivity index (χ1v) is 9.75. The minimum absolute atomic E-state index is 0.200. The largest absolute Gasteiger partial charge is 0.464 e. The number of unbranched alkanes of at least 4 members (excludes halogenated alkanes) is 10. The van der Waals surface area contributed by atoms with E-state index in [4.69, 9.17) is 9.26 Å². The van der Waals surface area contributed by atoms with Crippen molar-refractivity contribution in [1.82, 2.24) is 0 Å². The summed E-state index contributed by atoms with van der Waals surface area (Å²) < 4.78 is 10.5. The van der Waals surface area contributed by atoms with Crippen LogP contribution >= 0.6 is 9.47 Å². The van der Waals surface area contributed by atoms with Crippen LogP contribution in [0.5, 0.6) is 0 Å². The Morgan fingerprint density at radius 2 is 1.32 bits per heavy atom. The Morgan fingerprint density at radius 3 is 1.86 bits per heavy atom. The Hall–Kier alpha value is -0.140. The summed E-state index contributed by atoms with van der Waals surface area (Å²) in [4.78, 5) is 11.9.